The van der Waals surface area contributed by atoms with Crippen LogP contribution in [-0.4, -0.2) is 21.0 Å². The Morgan fingerprint density at radius 3 is 2.76 bits per heavy atom. The number of carbonyl (C=O) groups excluding carboxylic acids is 1. The Labute approximate surface area is 138 Å². The van der Waals surface area contributed by atoms with Crippen LogP contribution >= 0.6 is 39.0 Å². The van der Waals surface area contributed by atoms with Crippen molar-refractivity contribution >= 4 is 55.0 Å². The lowest BCUT2D eigenvalue weighted by molar-refractivity contribution is 0.0994. The van der Waals surface area contributed by atoms with Gasteiger partial charge in [0.1, 0.15) is 16.2 Å². The van der Waals surface area contributed by atoms with E-state index in [4.69, 9.17) is 0 Å². The molecule has 0 aliphatic heterocycles. The zero-order chi connectivity index (χ0) is 14.8. The Bertz CT molecular complexity index is 786. The third-order valence-corrected chi connectivity index (χ3v) is 5.48. The number of hydrogen-bond donors (Lipinski definition) is 0. The first-order valence-corrected chi connectivity index (χ1v) is 8.85. The molecule has 1 atom stereocenters. The third kappa shape index (κ3) is 3.17. The molecule has 3 rings (SSSR count). The van der Waals surface area contributed by atoms with Gasteiger partial charge in [0.15, 0.2) is 5.78 Å². The van der Waals surface area contributed by atoms with Crippen LogP contribution in [0.4, 0.5) is 0 Å². The molecule has 2 aromatic heterocycles. The normalized spacial score (nSPS) is 12.5. The summed E-state index contributed by atoms with van der Waals surface area (Å²) in [6.07, 6.45) is 1.55. The number of hydrogen-bond acceptors (Lipinski definition) is 5. The number of nitrogens with zero attached hydrogens (tertiary/aromatic N) is 2. The zero-order valence-corrected chi connectivity index (χ0v) is 14.3. The van der Waals surface area contributed by atoms with Crippen LogP contribution in [0.1, 0.15) is 17.3 Å². The number of benzene rings is 1. The summed E-state index contributed by atoms with van der Waals surface area (Å²) < 4.78 is 0.968. The van der Waals surface area contributed by atoms with E-state index in [-0.39, 0.29) is 11.0 Å². The van der Waals surface area contributed by atoms with Crippen molar-refractivity contribution in [2.45, 2.75) is 17.2 Å². The van der Waals surface area contributed by atoms with Crippen molar-refractivity contribution < 1.29 is 4.79 Å². The first-order valence-electron chi connectivity index (χ1n) is 6.30. The molecule has 3 aromatic rings. The third-order valence-electron chi connectivity index (χ3n) is 3.01. The van der Waals surface area contributed by atoms with Gasteiger partial charge in [-0.1, -0.05) is 39.8 Å². The van der Waals surface area contributed by atoms with Gasteiger partial charge in [-0.25, -0.2) is 9.97 Å². The van der Waals surface area contributed by atoms with Crippen LogP contribution in [0.25, 0.3) is 10.2 Å². The Morgan fingerprint density at radius 1 is 1.24 bits per heavy atom. The molecule has 0 saturated carbocycles. The molecule has 6 heteroatoms. The Balaban J connectivity index is 1.82. The van der Waals surface area contributed by atoms with Gasteiger partial charge in [-0.05, 0) is 30.5 Å². The average molecular weight is 379 g/mol. The molecule has 106 valence electrons. The average Bonchev–Trinajstić information content (AvgIpc) is 2.97. The highest BCUT2D eigenvalue weighted by molar-refractivity contribution is 9.10. The van der Waals surface area contributed by atoms with E-state index in [2.05, 4.69) is 25.9 Å². The molecule has 0 spiro atoms. The van der Waals surface area contributed by atoms with E-state index >= 15 is 0 Å². The van der Waals surface area contributed by atoms with E-state index in [1.807, 2.05) is 42.6 Å². The molecule has 0 radical (unpaired) electrons. The Morgan fingerprint density at radius 2 is 2.00 bits per heavy atom. The van der Waals surface area contributed by atoms with Gasteiger partial charge in [-0.2, -0.15) is 0 Å². The summed E-state index contributed by atoms with van der Waals surface area (Å²) in [6.45, 7) is 1.91. The number of carbonyl (C=O) groups is 1. The van der Waals surface area contributed by atoms with E-state index in [0.717, 1.165) is 19.7 Å². The lowest BCUT2D eigenvalue weighted by atomic mass is 10.1. The highest BCUT2D eigenvalue weighted by atomic mass is 79.9. The molecule has 0 bridgehead atoms. The van der Waals surface area contributed by atoms with Gasteiger partial charge < -0.3 is 0 Å². The van der Waals surface area contributed by atoms with Crippen molar-refractivity contribution in [3.8, 4) is 0 Å². The molecule has 3 nitrogen and oxygen atoms in total. The van der Waals surface area contributed by atoms with Gasteiger partial charge in [-0.15, -0.1) is 11.3 Å². The van der Waals surface area contributed by atoms with E-state index in [9.17, 15) is 4.79 Å². The summed E-state index contributed by atoms with van der Waals surface area (Å²) in [5, 5.41) is 3.68. The molecule has 0 unspecified atom stereocenters. The number of halogens is 1. The summed E-state index contributed by atoms with van der Waals surface area (Å²) in [5.74, 6) is 0.106. The summed E-state index contributed by atoms with van der Waals surface area (Å²) in [6, 6.07) is 9.44. The molecule has 21 heavy (non-hydrogen) atoms. The summed E-state index contributed by atoms with van der Waals surface area (Å²) in [7, 11) is 0. The maximum absolute atomic E-state index is 12.5. The van der Waals surface area contributed by atoms with Gasteiger partial charge in [-0.3, -0.25) is 4.79 Å². The van der Waals surface area contributed by atoms with Crippen molar-refractivity contribution in [2.24, 2.45) is 0 Å². The van der Waals surface area contributed by atoms with Crippen molar-refractivity contribution in [1.82, 2.24) is 9.97 Å². The molecule has 0 aliphatic carbocycles. The summed E-state index contributed by atoms with van der Waals surface area (Å²) in [4.78, 5) is 21.9. The number of fused-ring (bicyclic) bond motifs is 1. The highest BCUT2D eigenvalue weighted by Gasteiger charge is 2.18. The second-order valence-electron chi connectivity index (χ2n) is 4.45. The van der Waals surface area contributed by atoms with Crippen molar-refractivity contribution in [3.05, 3.63) is 52.1 Å². The maximum Gasteiger partial charge on any atom is 0.175 e. The zero-order valence-electron chi connectivity index (χ0n) is 11.1. The molecule has 0 fully saturated rings. The van der Waals surface area contributed by atoms with Crippen LogP contribution in [0.15, 0.2) is 51.5 Å². The number of rotatable bonds is 4. The monoisotopic (exact) mass is 378 g/mol. The van der Waals surface area contributed by atoms with Crippen LogP contribution in [0.2, 0.25) is 0 Å². The van der Waals surface area contributed by atoms with E-state index in [0.29, 0.717) is 5.56 Å². The van der Waals surface area contributed by atoms with Crippen LogP contribution in [0, 0.1) is 0 Å². The minimum Gasteiger partial charge on any atom is -0.293 e. The van der Waals surface area contributed by atoms with Gasteiger partial charge in [0.2, 0.25) is 0 Å². The van der Waals surface area contributed by atoms with Gasteiger partial charge in [0.25, 0.3) is 0 Å². The predicted molar refractivity (Wildman–Crippen MR) is 91.2 cm³/mol. The van der Waals surface area contributed by atoms with Crippen LogP contribution < -0.4 is 0 Å². The highest BCUT2D eigenvalue weighted by Crippen LogP contribution is 2.31. The van der Waals surface area contributed by atoms with Crippen LogP contribution in [0.3, 0.4) is 0 Å². The number of ketones is 1. The standard InChI is InChI=1S/C15H11BrN2OS2/c1-9(13(19)10-2-4-11(16)5-3-10)21-15-12-6-7-20-14(12)17-8-18-15/h2-9H,1H3/t9-/m1/s1. The minimum absolute atomic E-state index is 0.106. The largest absolute Gasteiger partial charge is 0.293 e. The fourth-order valence-electron chi connectivity index (χ4n) is 1.93. The number of thiophene rings is 1. The van der Waals surface area contributed by atoms with Crippen molar-refractivity contribution in [1.29, 1.82) is 0 Å². The lowest BCUT2D eigenvalue weighted by Gasteiger charge is -2.10. The van der Waals surface area contributed by atoms with Crippen LogP contribution in [-0.2, 0) is 0 Å². The molecular formula is C15H11BrN2OS2. The second kappa shape index (κ2) is 6.25. The first kappa shape index (κ1) is 14.7. The molecule has 0 amide bonds. The molecule has 0 aliphatic rings. The van der Waals surface area contributed by atoms with Crippen LogP contribution in [0.5, 0.6) is 0 Å². The minimum atomic E-state index is -0.191. The first-order chi connectivity index (χ1) is 10.1. The number of aromatic nitrogens is 2. The number of Topliss-reactive ketones (excluding diaryl/α,β-unsaturated/α-hetero) is 1. The maximum atomic E-state index is 12.5. The van der Waals surface area contributed by atoms with E-state index < -0.39 is 0 Å². The van der Waals surface area contributed by atoms with Gasteiger partial charge in [0, 0.05) is 15.4 Å². The number of thioether (sulfide) groups is 1. The van der Waals surface area contributed by atoms with Gasteiger partial charge in [0.05, 0.1) is 5.25 Å². The fraction of sp³-hybridized carbons (Fsp3) is 0.133. The second-order valence-corrected chi connectivity index (χ2v) is 7.59. The smallest absolute Gasteiger partial charge is 0.175 e. The molecule has 1 aromatic carbocycles. The lowest BCUT2D eigenvalue weighted by Crippen LogP contribution is -2.13. The topological polar surface area (TPSA) is 42.9 Å². The molecular weight excluding hydrogens is 368 g/mol. The van der Waals surface area contributed by atoms with E-state index in [1.165, 1.54) is 11.8 Å². The predicted octanol–water partition coefficient (Wildman–Crippen LogP) is 4.82. The van der Waals surface area contributed by atoms with Crippen molar-refractivity contribution in [3.63, 3.8) is 0 Å². The van der Waals surface area contributed by atoms with Crippen molar-refractivity contribution in [2.75, 3.05) is 0 Å². The molecule has 0 N–H and O–H groups in total. The van der Waals surface area contributed by atoms with E-state index in [1.54, 1.807) is 17.7 Å². The quantitative estimate of drug-likeness (QED) is 0.370. The van der Waals surface area contributed by atoms with Gasteiger partial charge >= 0.3 is 0 Å². The molecule has 0 saturated heterocycles. The Hall–Kier alpha value is -1.24. The Kier molecular flexibility index (Phi) is 4.37. The SMILES string of the molecule is C[C@@H](Sc1ncnc2sccc12)C(=O)c1ccc(Br)cc1. The summed E-state index contributed by atoms with van der Waals surface area (Å²) >= 11 is 6.44. The summed E-state index contributed by atoms with van der Waals surface area (Å²) in [5.41, 5.74) is 0.716. The fourth-order valence-corrected chi connectivity index (χ4v) is 3.97. The molecule has 2 heterocycles.